The molecule has 1 aliphatic rings. The third-order valence-electron chi connectivity index (χ3n) is 5.88. The van der Waals surface area contributed by atoms with E-state index < -0.39 is 0 Å². The largest absolute Gasteiger partial charge is 0.497 e. The molecule has 0 aromatic heterocycles. The first-order valence-electron chi connectivity index (χ1n) is 11.7. The highest BCUT2D eigenvalue weighted by Gasteiger charge is 2.27. The molecule has 188 valence electrons. The zero-order valence-electron chi connectivity index (χ0n) is 21.2. The van der Waals surface area contributed by atoms with Crippen LogP contribution in [0.1, 0.15) is 30.9 Å². The van der Waals surface area contributed by atoms with Crippen molar-refractivity contribution in [2.45, 2.75) is 32.9 Å². The van der Waals surface area contributed by atoms with Gasteiger partial charge in [-0.05, 0) is 50.0 Å². The van der Waals surface area contributed by atoms with Gasteiger partial charge in [-0.2, -0.15) is 0 Å². The zero-order valence-corrected chi connectivity index (χ0v) is 21.2. The van der Waals surface area contributed by atoms with Gasteiger partial charge in [-0.25, -0.2) is 0 Å². The number of aliphatic imine (C=N–C) groups is 1. The van der Waals surface area contributed by atoms with Crippen molar-refractivity contribution < 1.29 is 23.7 Å². The molecular formula is C27H35N3O5. The predicted molar refractivity (Wildman–Crippen MR) is 136 cm³/mol. The molecule has 0 spiro atoms. The van der Waals surface area contributed by atoms with Gasteiger partial charge in [-0.1, -0.05) is 12.1 Å². The second-order valence-corrected chi connectivity index (χ2v) is 8.25. The van der Waals surface area contributed by atoms with Gasteiger partial charge in [0.05, 0.1) is 41.0 Å². The van der Waals surface area contributed by atoms with Crippen LogP contribution in [0.3, 0.4) is 0 Å². The number of hydrogen-bond acceptors (Lipinski definition) is 7. The van der Waals surface area contributed by atoms with E-state index in [9.17, 15) is 4.79 Å². The summed E-state index contributed by atoms with van der Waals surface area (Å²) in [5.74, 6) is 2.61. The summed E-state index contributed by atoms with van der Waals surface area (Å²) in [5, 5.41) is 0. The van der Waals surface area contributed by atoms with Crippen LogP contribution in [0.2, 0.25) is 0 Å². The number of ether oxygens (including phenoxy) is 4. The number of methoxy groups -OCH3 is 3. The van der Waals surface area contributed by atoms with Gasteiger partial charge in [-0.15, -0.1) is 0 Å². The molecule has 2 aromatic rings. The number of allylic oxidation sites excluding steroid dienone is 1. The third-order valence-corrected chi connectivity index (χ3v) is 5.88. The van der Waals surface area contributed by atoms with Gasteiger partial charge in [0.2, 0.25) is 0 Å². The van der Waals surface area contributed by atoms with E-state index in [2.05, 4.69) is 4.99 Å². The lowest BCUT2D eigenvalue weighted by Crippen LogP contribution is -2.35. The Bertz CT molecular complexity index is 1090. The number of nitrogens with two attached hydrogens (primary N) is 1. The normalized spacial score (nSPS) is 13.9. The second-order valence-electron chi connectivity index (χ2n) is 8.25. The average Bonchev–Trinajstić information content (AvgIpc) is 3.72. The maximum atomic E-state index is 13.8. The lowest BCUT2D eigenvalue weighted by atomic mass is 10.1. The van der Waals surface area contributed by atoms with Crippen molar-refractivity contribution in [3.8, 4) is 23.0 Å². The molecule has 2 N–H and O–H groups in total. The van der Waals surface area contributed by atoms with E-state index in [0.29, 0.717) is 46.9 Å². The summed E-state index contributed by atoms with van der Waals surface area (Å²) < 4.78 is 22.3. The van der Waals surface area contributed by atoms with E-state index in [0.717, 1.165) is 24.0 Å². The number of amides is 1. The van der Waals surface area contributed by atoms with Crippen LogP contribution in [-0.2, 0) is 17.9 Å². The van der Waals surface area contributed by atoms with E-state index in [1.54, 1.807) is 45.4 Å². The zero-order chi connectivity index (χ0) is 25.4. The molecule has 1 amide bonds. The molecule has 1 aliphatic carbocycles. The van der Waals surface area contributed by atoms with Crippen LogP contribution in [0.15, 0.2) is 53.2 Å². The second kappa shape index (κ2) is 12.1. The molecule has 0 bridgehead atoms. The van der Waals surface area contributed by atoms with Gasteiger partial charge in [0.1, 0.15) is 17.2 Å². The standard InChI is InChI=1S/C27H35N3O5/c1-6-35-24-9-7-8-20(26(24)34-5)17-30(16-19-12-13-21(32-3)14-25(19)33-4)27(31)23(29-2)15-22(28)18-10-11-18/h7-9,12-15,18H,6,10-11,16-17,28H2,1-5H3/b22-15-,29-23?. The molecule has 0 atom stereocenters. The van der Waals surface area contributed by atoms with Gasteiger partial charge in [-0.3, -0.25) is 9.79 Å². The van der Waals surface area contributed by atoms with Crippen molar-refractivity contribution in [1.82, 2.24) is 4.90 Å². The van der Waals surface area contributed by atoms with Gasteiger partial charge in [0.25, 0.3) is 5.91 Å². The van der Waals surface area contributed by atoms with E-state index >= 15 is 0 Å². The van der Waals surface area contributed by atoms with Gasteiger partial charge in [0.15, 0.2) is 11.5 Å². The van der Waals surface area contributed by atoms with E-state index in [-0.39, 0.29) is 19.0 Å². The van der Waals surface area contributed by atoms with Crippen LogP contribution in [-0.4, -0.2) is 51.5 Å². The highest BCUT2D eigenvalue weighted by Crippen LogP contribution is 2.35. The Morgan fingerprint density at radius 3 is 2.40 bits per heavy atom. The van der Waals surface area contributed by atoms with Gasteiger partial charge < -0.3 is 29.6 Å². The first-order valence-corrected chi connectivity index (χ1v) is 11.7. The minimum absolute atomic E-state index is 0.238. The molecule has 0 unspecified atom stereocenters. The Kier molecular flexibility index (Phi) is 9.00. The summed E-state index contributed by atoms with van der Waals surface area (Å²) >= 11 is 0. The molecule has 0 radical (unpaired) electrons. The van der Waals surface area contributed by atoms with Crippen molar-refractivity contribution in [3.63, 3.8) is 0 Å². The predicted octanol–water partition coefficient (Wildman–Crippen LogP) is 3.96. The van der Waals surface area contributed by atoms with Crippen LogP contribution in [0.5, 0.6) is 23.0 Å². The topological polar surface area (TPSA) is 95.6 Å². The molecule has 1 saturated carbocycles. The lowest BCUT2D eigenvalue weighted by molar-refractivity contribution is -0.125. The highest BCUT2D eigenvalue weighted by molar-refractivity contribution is 6.43. The maximum absolute atomic E-state index is 13.8. The molecule has 0 heterocycles. The SMILES string of the molecule is CCOc1cccc(CN(Cc2ccc(OC)cc2OC)C(=O)C(/C=C(\N)C2CC2)=NC)c1OC. The molecule has 0 saturated heterocycles. The number of benzene rings is 2. The van der Waals surface area contributed by atoms with Gasteiger partial charge >= 0.3 is 0 Å². The molecular weight excluding hydrogens is 446 g/mol. The fraction of sp³-hybridized carbons (Fsp3) is 0.407. The monoisotopic (exact) mass is 481 g/mol. The molecule has 1 fully saturated rings. The Balaban J connectivity index is 2.00. The number of rotatable bonds is 12. The van der Waals surface area contributed by atoms with Crippen molar-refractivity contribution in [2.75, 3.05) is 35.0 Å². The Morgan fingerprint density at radius 1 is 1.06 bits per heavy atom. The number of hydrogen-bond donors (Lipinski definition) is 1. The number of para-hydroxylation sites is 1. The fourth-order valence-corrected chi connectivity index (χ4v) is 3.86. The molecule has 8 heteroatoms. The molecule has 3 rings (SSSR count). The molecule has 35 heavy (non-hydrogen) atoms. The minimum Gasteiger partial charge on any atom is -0.497 e. The van der Waals surface area contributed by atoms with Crippen LogP contribution < -0.4 is 24.7 Å². The third kappa shape index (κ3) is 6.47. The summed E-state index contributed by atoms with van der Waals surface area (Å²) in [5.41, 5.74) is 8.86. The highest BCUT2D eigenvalue weighted by atomic mass is 16.5. The van der Waals surface area contributed by atoms with Crippen molar-refractivity contribution in [1.29, 1.82) is 0 Å². The average molecular weight is 482 g/mol. The van der Waals surface area contributed by atoms with Gasteiger partial charge in [0, 0.05) is 29.9 Å². The Morgan fingerprint density at radius 2 is 1.80 bits per heavy atom. The first-order chi connectivity index (χ1) is 16.9. The van der Waals surface area contributed by atoms with E-state index in [1.165, 1.54) is 0 Å². The number of nitrogens with zero attached hydrogens (tertiary/aromatic N) is 2. The van der Waals surface area contributed by atoms with Crippen LogP contribution in [0, 0.1) is 5.92 Å². The maximum Gasteiger partial charge on any atom is 0.272 e. The van der Waals surface area contributed by atoms with Crippen LogP contribution in [0.4, 0.5) is 0 Å². The van der Waals surface area contributed by atoms with Crippen LogP contribution in [0.25, 0.3) is 0 Å². The number of carbonyl (C=O) groups excluding carboxylic acids is 1. The van der Waals surface area contributed by atoms with Crippen molar-refractivity contribution in [2.24, 2.45) is 16.6 Å². The summed E-state index contributed by atoms with van der Waals surface area (Å²) in [6, 6.07) is 11.2. The molecule has 2 aromatic carbocycles. The Hall–Kier alpha value is -3.68. The van der Waals surface area contributed by atoms with E-state index in [1.807, 2.05) is 37.3 Å². The quantitative estimate of drug-likeness (QED) is 0.461. The lowest BCUT2D eigenvalue weighted by Gasteiger charge is -2.25. The van der Waals surface area contributed by atoms with Crippen LogP contribution >= 0.6 is 0 Å². The fourth-order valence-electron chi connectivity index (χ4n) is 3.86. The smallest absolute Gasteiger partial charge is 0.272 e. The van der Waals surface area contributed by atoms with E-state index in [4.69, 9.17) is 24.7 Å². The van der Waals surface area contributed by atoms with Crippen molar-refractivity contribution in [3.05, 3.63) is 59.3 Å². The summed E-state index contributed by atoms with van der Waals surface area (Å²) in [7, 11) is 6.39. The molecule has 0 aliphatic heterocycles. The van der Waals surface area contributed by atoms with Crippen molar-refractivity contribution >= 4 is 11.6 Å². The minimum atomic E-state index is -0.238. The number of carbonyl (C=O) groups is 1. The summed E-state index contributed by atoms with van der Waals surface area (Å²) in [6.07, 6.45) is 3.79. The summed E-state index contributed by atoms with van der Waals surface area (Å²) in [4.78, 5) is 19.7. The Labute approximate surface area is 207 Å². The first kappa shape index (κ1) is 25.9. The molecule has 8 nitrogen and oxygen atoms in total. The summed E-state index contributed by atoms with van der Waals surface area (Å²) in [6.45, 7) is 2.97.